The van der Waals surface area contributed by atoms with Gasteiger partial charge in [0.2, 0.25) is 0 Å². The van der Waals surface area contributed by atoms with E-state index in [9.17, 15) is 4.79 Å². The lowest BCUT2D eigenvalue weighted by Gasteiger charge is -2.23. The average Bonchev–Trinajstić information content (AvgIpc) is 2.85. The first kappa shape index (κ1) is 17.2. The number of nitrogens with zero attached hydrogens (tertiary/aromatic N) is 3. The number of hydrogen-bond donors (Lipinski definition) is 0. The van der Waals surface area contributed by atoms with Gasteiger partial charge < -0.3 is 19.3 Å². The third-order valence-corrected chi connectivity index (χ3v) is 4.34. The lowest BCUT2D eigenvalue weighted by atomic mass is 10.1. The molecule has 2 aromatic rings. The molecule has 0 saturated heterocycles. The number of benzene rings is 1. The molecule has 1 aromatic heterocycles. The van der Waals surface area contributed by atoms with Crippen molar-refractivity contribution in [3.8, 4) is 5.75 Å². The SMILES string of the molecule is COCCN1CCN(C(=O)c2cccc(OC)c2)Cc2cccnc21. The van der Waals surface area contributed by atoms with Crippen molar-refractivity contribution in [2.24, 2.45) is 0 Å². The Labute approximate surface area is 148 Å². The van der Waals surface area contributed by atoms with Gasteiger partial charge in [-0.25, -0.2) is 4.98 Å². The van der Waals surface area contributed by atoms with Crippen LogP contribution in [0.3, 0.4) is 0 Å². The number of ether oxygens (including phenoxy) is 2. The summed E-state index contributed by atoms with van der Waals surface area (Å²) in [6.45, 7) is 3.28. The second kappa shape index (κ2) is 7.98. The molecule has 25 heavy (non-hydrogen) atoms. The number of hydrogen-bond acceptors (Lipinski definition) is 5. The summed E-state index contributed by atoms with van der Waals surface area (Å²) in [6.07, 6.45) is 1.79. The molecular formula is C19H23N3O3. The Kier molecular flexibility index (Phi) is 5.50. The molecule has 0 radical (unpaired) electrons. The van der Waals surface area contributed by atoms with Crippen LogP contribution in [-0.2, 0) is 11.3 Å². The Morgan fingerprint density at radius 2 is 2.08 bits per heavy atom. The van der Waals surface area contributed by atoms with E-state index in [1.807, 2.05) is 35.2 Å². The van der Waals surface area contributed by atoms with Gasteiger partial charge in [-0.2, -0.15) is 0 Å². The Hall–Kier alpha value is -2.60. The van der Waals surface area contributed by atoms with Gasteiger partial charge in [0.1, 0.15) is 11.6 Å². The Morgan fingerprint density at radius 1 is 1.20 bits per heavy atom. The fourth-order valence-electron chi connectivity index (χ4n) is 3.00. The normalized spacial score (nSPS) is 14.0. The first-order valence-corrected chi connectivity index (χ1v) is 8.34. The summed E-state index contributed by atoms with van der Waals surface area (Å²) in [7, 11) is 3.29. The first-order chi connectivity index (χ1) is 12.2. The number of methoxy groups -OCH3 is 2. The fraction of sp³-hybridized carbons (Fsp3) is 0.368. The maximum absolute atomic E-state index is 13.0. The van der Waals surface area contributed by atoms with Crippen molar-refractivity contribution in [2.75, 3.05) is 45.4 Å². The molecule has 132 valence electrons. The van der Waals surface area contributed by atoms with Crippen LogP contribution < -0.4 is 9.64 Å². The topological polar surface area (TPSA) is 54.9 Å². The highest BCUT2D eigenvalue weighted by molar-refractivity contribution is 5.94. The molecule has 6 nitrogen and oxygen atoms in total. The number of pyridine rings is 1. The van der Waals surface area contributed by atoms with E-state index in [0.29, 0.717) is 31.0 Å². The first-order valence-electron chi connectivity index (χ1n) is 8.34. The summed E-state index contributed by atoms with van der Waals surface area (Å²) in [5.41, 5.74) is 1.68. The summed E-state index contributed by atoms with van der Waals surface area (Å²) in [5, 5.41) is 0. The van der Waals surface area contributed by atoms with Crippen molar-refractivity contribution in [3.63, 3.8) is 0 Å². The summed E-state index contributed by atoms with van der Waals surface area (Å²) >= 11 is 0. The number of anilines is 1. The quantitative estimate of drug-likeness (QED) is 0.834. The minimum Gasteiger partial charge on any atom is -0.497 e. The van der Waals surface area contributed by atoms with E-state index < -0.39 is 0 Å². The molecule has 1 aromatic carbocycles. The van der Waals surface area contributed by atoms with Gasteiger partial charge in [-0.15, -0.1) is 0 Å². The summed E-state index contributed by atoms with van der Waals surface area (Å²) < 4.78 is 10.4. The van der Waals surface area contributed by atoms with Crippen LogP contribution in [0.2, 0.25) is 0 Å². The lowest BCUT2D eigenvalue weighted by molar-refractivity contribution is 0.0751. The van der Waals surface area contributed by atoms with E-state index in [-0.39, 0.29) is 5.91 Å². The van der Waals surface area contributed by atoms with Crippen molar-refractivity contribution in [3.05, 3.63) is 53.7 Å². The molecule has 1 amide bonds. The predicted octanol–water partition coefficient (Wildman–Crippen LogP) is 2.20. The molecule has 0 bridgehead atoms. The molecule has 3 rings (SSSR count). The molecule has 0 spiro atoms. The van der Waals surface area contributed by atoms with Crippen LogP contribution in [0, 0.1) is 0 Å². The molecule has 0 N–H and O–H groups in total. The lowest BCUT2D eigenvalue weighted by Crippen LogP contribution is -2.36. The molecule has 6 heteroatoms. The predicted molar refractivity (Wildman–Crippen MR) is 96.1 cm³/mol. The van der Waals surface area contributed by atoms with E-state index in [2.05, 4.69) is 9.88 Å². The van der Waals surface area contributed by atoms with Crippen molar-refractivity contribution >= 4 is 11.7 Å². The van der Waals surface area contributed by atoms with Crippen molar-refractivity contribution < 1.29 is 14.3 Å². The second-order valence-electron chi connectivity index (χ2n) is 5.92. The number of rotatable bonds is 5. The van der Waals surface area contributed by atoms with E-state index in [1.54, 1.807) is 26.5 Å². The minimum absolute atomic E-state index is 0.00212. The molecule has 2 heterocycles. The van der Waals surface area contributed by atoms with Crippen molar-refractivity contribution in [1.82, 2.24) is 9.88 Å². The van der Waals surface area contributed by atoms with Gasteiger partial charge in [0.25, 0.3) is 5.91 Å². The van der Waals surface area contributed by atoms with Crippen LogP contribution in [0.25, 0.3) is 0 Å². The van der Waals surface area contributed by atoms with E-state index in [1.165, 1.54) is 0 Å². The Balaban J connectivity index is 1.84. The molecule has 1 aliphatic heterocycles. The molecule has 0 saturated carbocycles. The monoisotopic (exact) mass is 341 g/mol. The van der Waals surface area contributed by atoms with Crippen LogP contribution in [0.1, 0.15) is 15.9 Å². The van der Waals surface area contributed by atoms with Crippen LogP contribution in [-0.4, -0.2) is 56.3 Å². The zero-order valence-electron chi connectivity index (χ0n) is 14.6. The van der Waals surface area contributed by atoms with Crippen LogP contribution >= 0.6 is 0 Å². The maximum Gasteiger partial charge on any atom is 0.254 e. The molecule has 1 aliphatic rings. The number of carbonyl (C=O) groups excluding carboxylic acids is 1. The molecule has 0 atom stereocenters. The van der Waals surface area contributed by atoms with E-state index >= 15 is 0 Å². The molecule has 0 unspecified atom stereocenters. The number of amides is 1. The highest BCUT2D eigenvalue weighted by Crippen LogP contribution is 2.24. The standard InChI is InChI=1S/C19H23N3O3/c1-24-12-11-21-9-10-22(14-16-6-4-8-20-18(16)21)19(23)15-5-3-7-17(13-15)25-2/h3-8,13H,9-12,14H2,1-2H3. The van der Waals surface area contributed by atoms with E-state index in [0.717, 1.165) is 24.5 Å². The third kappa shape index (κ3) is 3.91. The molecule has 0 fully saturated rings. The van der Waals surface area contributed by atoms with Crippen LogP contribution in [0.5, 0.6) is 5.75 Å². The minimum atomic E-state index is 0.00212. The summed E-state index contributed by atoms with van der Waals surface area (Å²) in [4.78, 5) is 21.5. The average molecular weight is 341 g/mol. The van der Waals surface area contributed by atoms with Gasteiger partial charge in [0.15, 0.2) is 0 Å². The largest absolute Gasteiger partial charge is 0.497 e. The third-order valence-electron chi connectivity index (χ3n) is 4.34. The maximum atomic E-state index is 13.0. The van der Waals surface area contributed by atoms with Gasteiger partial charge >= 0.3 is 0 Å². The van der Waals surface area contributed by atoms with Gasteiger partial charge in [0, 0.05) is 50.6 Å². The highest BCUT2D eigenvalue weighted by Gasteiger charge is 2.24. The van der Waals surface area contributed by atoms with Crippen LogP contribution in [0.15, 0.2) is 42.6 Å². The zero-order valence-corrected chi connectivity index (χ0v) is 14.6. The van der Waals surface area contributed by atoms with Crippen molar-refractivity contribution in [2.45, 2.75) is 6.54 Å². The van der Waals surface area contributed by atoms with E-state index in [4.69, 9.17) is 9.47 Å². The second-order valence-corrected chi connectivity index (χ2v) is 5.92. The zero-order chi connectivity index (χ0) is 17.6. The van der Waals surface area contributed by atoms with Gasteiger partial charge in [-0.3, -0.25) is 4.79 Å². The van der Waals surface area contributed by atoms with Gasteiger partial charge in [-0.1, -0.05) is 12.1 Å². The smallest absolute Gasteiger partial charge is 0.254 e. The summed E-state index contributed by atoms with van der Waals surface area (Å²) in [6, 6.07) is 11.2. The summed E-state index contributed by atoms with van der Waals surface area (Å²) in [5.74, 6) is 1.62. The van der Waals surface area contributed by atoms with Gasteiger partial charge in [0.05, 0.1) is 13.7 Å². The Morgan fingerprint density at radius 3 is 2.88 bits per heavy atom. The molecular weight excluding hydrogens is 318 g/mol. The highest BCUT2D eigenvalue weighted by atomic mass is 16.5. The Bertz CT molecular complexity index is 735. The van der Waals surface area contributed by atoms with Crippen molar-refractivity contribution in [1.29, 1.82) is 0 Å². The number of fused-ring (bicyclic) bond motifs is 1. The fourth-order valence-corrected chi connectivity index (χ4v) is 3.00. The number of aromatic nitrogens is 1. The van der Waals surface area contributed by atoms with Crippen LogP contribution in [0.4, 0.5) is 5.82 Å². The molecule has 0 aliphatic carbocycles. The van der Waals surface area contributed by atoms with Gasteiger partial charge in [-0.05, 0) is 24.3 Å². The number of carbonyl (C=O) groups is 1.